The van der Waals surface area contributed by atoms with Gasteiger partial charge in [0, 0.05) is 9.85 Å². The summed E-state index contributed by atoms with van der Waals surface area (Å²) >= 11 is 9.29. The minimum atomic E-state index is 0.0834. The average Bonchev–Trinajstić information content (AvgIpc) is 2.07. The van der Waals surface area contributed by atoms with E-state index in [1.165, 1.54) is 11.1 Å². The van der Waals surface area contributed by atoms with Gasteiger partial charge in [0.05, 0.1) is 0 Å². The molecule has 0 aliphatic rings. The van der Waals surface area contributed by atoms with Gasteiger partial charge in [-0.2, -0.15) is 0 Å². The lowest BCUT2D eigenvalue weighted by molar-refractivity contribution is 1.24. The first-order valence-electron chi connectivity index (χ1n) is 4.18. The number of halogens is 2. The third kappa shape index (κ3) is 3.53. The second kappa shape index (κ2) is 4.83. The van der Waals surface area contributed by atoms with Gasteiger partial charge in [-0.15, -0.1) is 11.6 Å². The van der Waals surface area contributed by atoms with E-state index in [0.29, 0.717) is 0 Å². The molecule has 0 fully saturated rings. The highest BCUT2D eigenvalue weighted by Gasteiger charge is 1.94. The van der Waals surface area contributed by atoms with Crippen molar-refractivity contribution in [3.05, 3.63) is 39.9 Å². The van der Waals surface area contributed by atoms with Crippen molar-refractivity contribution in [3.63, 3.8) is 0 Å². The molecule has 2 heteroatoms. The van der Waals surface area contributed by atoms with Crippen molar-refractivity contribution < 1.29 is 0 Å². The van der Waals surface area contributed by atoms with E-state index in [2.05, 4.69) is 41.1 Å². The van der Waals surface area contributed by atoms with Crippen LogP contribution in [0.3, 0.4) is 0 Å². The minimum Gasteiger partial charge on any atom is -0.119 e. The van der Waals surface area contributed by atoms with Gasteiger partial charge in [-0.3, -0.25) is 0 Å². The molecular formula is C11H12BrCl. The predicted octanol–water partition coefficient (Wildman–Crippen LogP) is 4.40. The van der Waals surface area contributed by atoms with Crippen LogP contribution in [-0.4, -0.2) is 5.38 Å². The topological polar surface area (TPSA) is 0 Å². The van der Waals surface area contributed by atoms with Crippen molar-refractivity contribution in [3.8, 4) is 0 Å². The molecule has 0 aliphatic heterocycles. The Morgan fingerprint density at radius 1 is 1.46 bits per heavy atom. The van der Waals surface area contributed by atoms with E-state index in [9.17, 15) is 0 Å². The first-order chi connectivity index (χ1) is 6.09. The molecule has 13 heavy (non-hydrogen) atoms. The SMILES string of the molecule is Cc1ccc(/C=C/C(C)Cl)cc1Br. The quantitative estimate of drug-likeness (QED) is 0.691. The highest BCUT2D eigenvalue weighted by atomic mass is 79.9. The second-order valence-corrected chi connectivity index (χ2v) is 4.59. The molecule has 1 aromatic rings. The molecular weight excluding hydrogens is 247 g/mol. The van der Waals surface area contributed by atoms with Gasteiger partial charge in [0.1, 0.15) is 0 Å². The first kappa shape index (κ1) is 10.8. The molecule has 0 radical (unpaired) electrons. The number of hydrogen-bond donors (Lipinski definition) is 0. The standard InChI is InChI=1S/C11H12BrCl/c1-8-3-5-10(7-11(8)12)6-4-9(2)13/h3-7,9H,1-2H3/b6-4+. The lowest BCUT2D eigenvalue weighted by Crippen LogP contribution is -1.82. The van der Waals surface area contributed by atoms with Crippen LogP contribution < -0.4 is 0 Å². The first-order valence-corrected chi connectivity index (χ1v) is 5.41. The lowest BCUT2D eigenvalue weighted by atomic mass is 10.1. The highest BCUT2D eigenvalue weighted by Crippen LogP contribution is 2.18. The summed E-state index contributed by atoms with van der Waals surface area (Å²) in [5, 5.41) is 0.0834. The lowest BCUT2D eigenvalue weighted by Gasteiger charge is -1.99. The summed E-state index contributed by atoms with van der Waals surface area (Å²) in [6.07, 6.45) is 4.00. The van der Waals surface area contributed by atoms with E-state index in [0.717, 1.165) is 4.47 Å². The minimum absolute atomic E-state index is 0.0834. The van der Waals surface area contributed by atoms with Crippen LogP contribution in [-0.2, 0) is 0 Å². The number of benzene rings is 1. The summed E-state index contributed by atoms with van der Waals surface area (Å²) < 4.78 is 1.14. The zero-order valence-corrected chi connectivity index (χ0v) is 10.1. The van der Waals surface area contributed by atoms with E-state index < -0.39 is 0 Å². The Balaban J connectivity index is 2.85. The van der Waals surface area contributed by atoms with Crippen LogP contribution in [0, 0.1) is 6.92 Å². The van der Waals surface area contributed by atoms with Crippen LogP contribution in [0.2, 0.25) is 0 Å². The summed E-state index contributed by atoms with van der Waals surface area (Å²) in [6, 6.07) is 6.25. The van der Waals surface area contributed by atoms with Gasteiger partial charge < -0.3 is 0 Å². The van der Waals surface area contributed by atoms with Crippen molar-refractivity contribution in [1.82, 2.24) is 0 Å². The molecule has 1 rings (SSSR count). The number of rotatable bonds is 2. The molecule has 1 aromatic carbocycles. The van der Waals surface area contributed by atoms with Crippen LogP contribution in [0.5, 0.6) is 0 Å². The number of allylic oxidation sites excluding steroid dienone is 1. The maximum Gasteiger partial charge on any atom is 0.0491 e. The summed E-state index contributed by atoms with van der Waals surface area (Å²) in [7, 11) is 0. The van der Waals surface area contributed by atoms with Crippen LogP contribution in [0.15, 0.2) is 28.7 Å². The summed E-state index contributed by atoms with van der Waals surface area (Å²) in [5.41, 5.74) is 2.42. The van der Waals surface area contributed by atoms with Crippen LogP contribution in [0.25, 0.3) is 6.08 Å². The van der Waals surface area contributed by atoms with Crippen LogP contribution >= 0.6 is 27.5 Å². The Morgan fingerprint density at radius 3 is 2.69 bits per heavy atom. The van der Waals surface area contributed by atoms with Gasteiger partial charge in [-0.05, 0) is 31.0 Å². The Hall–Kier alpha value is -0.270. The van der Waals surface area contributed by atoms with Gasteiger partial charge >= 0.3 is 0 Å². The average molecular weight is 260 g/mol. The Bertz CT molecular complexity index is 316. The van der Waals surface area contributed by atoms with Crippen molar-refractivity contribution in [2.45, 2.75) is 19.2 Å². The van der Waals surface area contributed by atoms with Gasteiger partial charge in [0.15, 0.2) is 0 Å². The smallest absolute Gasteiger partial charge is 0.0491 e. The monoisotopic (exact) mass is 258 g/mol. The number of hydrogen-bond acceptors (Lipinski definition) is 0. The predicted molar refractivity (Wildman–Crippen MR) is 63.2 cm³/mol. The Kier molecular flexibility index (Phi) is 4.01. The van der Waals surface area contributed by atoms with Crippen molar-refractivity contribution >= 4 is 33.6 Å². The van der Waals surface area contributed by atoms with E-state index in [4.69, 9.17) is 11.6 Å². The fourth-order valence-electron chi connectivity index (χ4n) is 0.956. The summed E-state index contributed by atoms with van der Waals surface area (Å²) in [4.78, 5) is 0. The van der Waals surface area contributed by atoms with Crippen molar-refractivity contribution in [2.24, 2.45) is 0 Å². The molecule has 0 nitrogen and oxygen atoms in total. The van der Waals surface area contributed by atoms with Gasteiger partial charge in [0.2, 0.25) is 0 Å². The van der Waals surface area contributed by atoms with Crippen molar-refractivity contribution in [2.75, 3.05) is 0 Å². The third-order valence-corrected chi connectivity index (χ3v) is 2.75. The van der Waals surface area contributed by atoms with Crippen molar-refractivity contribution in [1.29, 1.82) is 0 Å². The maximum atomic E-state index is 5.80. The molecule has 70 valence electrons. The maximum absolute atomic E-state index is 5.80. The third-order valence-electron chi connectivity index (χ3n) is 1.75. The molecule has 0 heterocycles. The van der Waals surface area contributed by atoms with E-state index >= 15 is 0 Å². The number of aryl methyl sites for hydroxylation is 1. The highest BCUT2D eigenvalue weighted by molar-refractivity contribution is 9.10. The van der Waals surface area contributed by atoms with E-state index in [-0.39, 0.29) is 5.38 Å². The van der Waals surface area contributed by atoms with Gasteiger partial charge in [-0.1, -0.05) is 40.2 Å². The zero-order chi connectivity index (χ0) is 9.84. The number of alkyl halides is 1. The molecule has 0 bridgehead atoms. The fraction of sp³-hybridized carbons (Fsp3) is 0.273. The molecule has 0 saturated heterocycles. The molecule has 1 unspecified atom stereocenters. The molecule has 0 aliphatic carbocycles. The second-order valence-electron chi connectivity index (χ2n) is 3.05. The normalized spacial score (nSPS) is 13.5. The zero-order valence-electron chi connectivity index (χ0n) is 7.72. The van der Waals surface area contributed by atoms with E-state index in [1.54, 1.807) is 0 Å². The van der Waals surface area contributed by atoms with Gasteiger partial charge in [0.25, 0.3) is 0 Å². The molecule has 0 amide bonds. The Labute approximate surface area is 92.7 Å². The molecule has 1 atom stereocenters. The summed E-state index contributed by atoms with van der Waals surface area (Å²) in [6.45, 7) is 4.02. The molecule has 0 saturated carbocycles. The molecule has 0 N–H and O–H groups in total. The van der Waals surface area contributed by atoms with Crippen LogP contribution in [0.1, 0.15) is 18.1 Å². The van der Waals surface area contributed by atoms with E-state index in [1.807, 2.05) is 19.1 Å². The molecule has 0 aromatic heterocycles. The molecule has 0 spiro atoms. The summed E-state index contributed by atoms with van der Waals surface area (Å²) in [5.74, 6) is 0. The Morgan fingerprint density at radius 2 is 2.15 bits per heavy atom. The van der Waals surface area contributed by atoms with Crippen LogP contribution in [0.4, 0.5) is 0 Å². The largest absolute Gasteiger partial charge is 0.119 e. The van der Waals surface area contributed by atoms with Gasteiger partial charge in [-0.25, -0.2) is 0 Å². The fourth-order valence-corrected chi connectivity index (χ4v) is 1.43.